The predicted molar refractivity (Wildman–Crippen MR) is 73.8 cm³/mol. The molecular weight excluding hydrogens is 280 g/mol. The summed E-state index contributed by atoms with van der Waals surface area (Å²) < 4.78 is 0.870. The summed E-state index contributed by atoms with van der Waals surface area (Å²) in [4.78, 5) is 8.16. The molecule has 5 heteroatoms. The molecule has 1 aliphatic carbocycles. The van der Waals surface area contributed by atoms with E-state index in [0.29, 0.717) is 17.4 Å². The van der Waals surface area contributed by atoms with Gasteiger partial charge >= 0.3 is 0 Å². The molecule has 2 rings (SSSR count). The van der Waals surface area contributed by atoms with E-state index >= 15 is 0 Å². The standard InChI is InChI=1S/C12H19BrN4/c1-12(2)5-3-4-8(6-12)16-10-9(13)7-15-11(14)17-10/h7-8H,3-6H2,1-2H3,(H3,14,15,16,17). The van der Waals surface area contributed by atoms with Crippen LogP contribution in [-0.4, -0.2) is 16.0 Å². The minimum Gasteiger partial charge on any atom is -0.368 e. The fourth-order valence-corrected chi connectivity index (χ4v) is 2.80. The molecule has 0 radical (unpaired) electrons. The number of nitrogen functional groups attached to an aromatic ring is 1. The van der Waals surface area contributed by atoms with Crippen molar-refractivity contribution in [2.75, 3.05) is 11.1 Å². The number of aromatic nitrogens is 2. The molecule has 1 atom stereocenters. The van der Waals surface area contributed by atoms with E-state index < -0.39 is 0 Å². The first kappa shape index (κ1) is 12.6. The SMILES string of the molecule is CC1(C)CCCC(Nc2nc(N)ncc2Br)C1. The Morgan fingerprint density at radius 3 is 3.00 bits per heavy atom. The third-order valence-electron chi connectivity index (χ3n) is 3.31. The van der Waals surface area contributed by atoms with Gasteiger partial charge in [-0.3, -0.25) is 0 Å². The molecular formula is C12H19BrN4. The number of nitrogens with zero attached hydrogens (tertiary/aromatic N) is 2. The second-order valence-electron chi connectivity index (χ2n) is 5.53. The zero-order valence-corrected chi connectivity index (χ0v) is 11.9. The minimum atomic E-state index is 0.311. The van der Waals surface area contributed by atoms with Crippen LogP contribution >= 0.6 is 15.9 Å². The van der Waals surface area contributed by atoms with E-state index in [4.69, 9.17) is 5.73 Å². The van der Waals surface area contributed by atoms with Gasteiger partial charge in [0.1, 0.15) is 5.82 Å². The highest BCUT2D eigenvalue weighted by Crippen LogP contribution is 2.36. The Morgan fingerprint density at radius 2 is 2.29 bits per heavy atom. The van der Waals surface area contributed by atoms with E-state index in [1.165, 1.54) is 25.7 Å². The van der Waals surface area contributed by atoms with Crippen molar-refractivity contribution in [1.82, 2.24) is 9.97 Å². The van der Waals surface area contributed by atoms with Gasteiger partial charge in [0, 0.05) is 12.2 Å². The quantitative estimate of drug-likeness (QED) is 0.880. The van der Waals surface area contributed by atoms with Crippen molar-refractivity contribution >= 4 is 27.7 Å². The lowest BCUT2D eigenvalue weighted by atomic mass is 9.75. The van der Waals surface area contributed by atoms with E-state index in [1.807, 2.05) is 0 Å². The largest absolute Gasteiger partial charge is 0.368 e. The average molecular weight is 299 g/mol. The molecule has 0 aliphatic heterocycles. The first-order valence-corrected chi connectivity index (χ1v) is 6.80. The Bertz CT molecular complexity index is 405. The van der Waals surface area contributed by atoms with Crippen LogP contribution in [0.2, 0.25) is 0 Å². The summed E-state index contributed by atoms with van der Waals surface area (Å²) in [5.74, 6) is 1.12. The Labute approximate surface area is 111 Å². The Morgan fingerprint density at radius 1 is 1.53 bits per heavy atom. The van der Waals surface area contributed by atoms with Gasteiger partial charge in [-0.25, -0.2) is 4.98 Å². The summed E-state index contributed by atoms with van der Waals surface area (Å²) in [7, 11) is 0. The van der Waals surface area contributed by atoms with Gasteiger partial charge in [0.15, 0.2) is 0 Å². The summed E-state index contributed by atoms with van der Waals surface area (Å²) in [6, 6.07) is 0.476. The van der Waals surface area contributed by atoms with Crippen LogP contribution < -0.4 is 11.1 Å². The second kappa shape index (κ2) is 4.80. The zero-order chi connectivity index (χ0) is 12.5. The molecule has 3 N–H and O–H groups in total. The van der Waals surface area contributed by atoms with Gasteiger partial charge in [-0.2, -0.15) is 4.98 Å². The highest BCUT2D eigenvalue weighted by molar-refractivity contribution is 9.10. The summed E-state index contributed by atoms with van der Waals surface area (Å²) in [6.07, 6.45) is 6.63. The van der Waals surface area contributed by atoms with Crippen LogP contribution in [0.4, 0.5) is 11.8 Å². The van der Waals surface area contributed by atoms with E-state index in [2.05, 4.69) is 45.1 Å². The topological polar surface area (TPSA) is 63.8 Å². The molecule has 94 valence electrons. The van der Waals surface area contributed by atoms with Gasteiger partial charge in [-0.1, -0.05) is 20.3 Å². The maximum absolute atomic E-state index is 5.60. The molecule has 1 unspecified atom stereocenters. The van der Waals surface area contributed by atoms with Crippen LogP contribution in [0.15, 0.2) is 10.7 Å². The Balaban J connectivity index is 2.07. The molecule has 17 heavy (non-hydrogen) atoms. The van der Waals surface area contributed by atoms with Crippen molar-refractivity contribution in [1.29, 1.82) is 0 Å². The van der Waals surface area contributed by atoms with E-state index in [9.17, 15) is 0 Å². The van der Waals surface area contributed by atoms with Gasteiger partial charge in [-0.15, -0.1) is 0 Å². The number of halogens is 1. The van der Waals surface area contributed by atoms with Crippen molar-refractivity contribution in [3.05, 3.63) is 10.7 Å². The van der Waals surface area contributed by atoms with Crippen LogP contribution in [0.1, 0.15) is 39.5 Å². The molecule has 1 fully saturated rings. The van der Waals surface area contributed by atoms with Gasteiger partial charge < -0.3 is 11.1 Å². The van der Waals surface area contributed by atoms with Crippen molar-refractivity contribution in [2.24, 2.45) is 5.41 Å². The minimum absolute atomic E-state index is 0.311. The number of nitrogens with two attached hydrogens (primary N) is 1. The van der Waals surface area contributed by atoms with Crippen molar-refractivity contribution in [3.63, 3.8) is 0 Å². The first-order valence-electron chi connectivity index (χ1n) is 6.01. The van der Waals surface area contributed by atoms with Crippen molar-refractivity contribution in [3.8, 4) is 0 Å². The number of hydrogen-bond donors (Lipinski definition) is 2. The summed E-state index contributed by atoms with van der Waals surface area (Å²) >= 11 is 3.44. The summed E-state index contributed by atoms with van der Waals surface area (Å²) in [6.45, 7) is 4.65. The summed E-state index contributed by atoms with van der Waals surface area (Å²) in [5.41, 5.74) is 6.02. The molecule has 0 amide bonds. The molecule has 1 aromatic heterocycles. The number of anilines is 2. The third-order valence-corrected chi connectivity index (χ3v) is 3.89. The highest BCUT2D eigenvalue weighted by atomic mass is 79.9. The molecule has 1 saturated carbocycles. The smallest absolute Gasteiger partial charge is 0.221 e. The third kappa shape index (κ3) is 3.31. The van der Waals surface area contributed by atoms with E-state index in [1.54, 1.807) is 6.20 Å². The molecule has 1 aliphatic rings. The van der Waals surface area contributed by atoms with Crippen LogP contribution in [0.3, 0.4) is 0 Å². The van der Waals surface area contributed by atoms with Gasteiger partial charge in [0.25, 0.3) is 0 Å². The molecule has 0 saturated heterocycles. The van der Waals surface area contributed by atoms with Crippen molar-refractivity contribution < 1.29 is 0 Å². The molecule has 0 aromatic carbocycles. The van der Waals surface area contributed by atoms with Gasteiger partial charge in [0.05, 0.1) is 4.47 Å². The van der Waals surface area contributed by atoms with E-state index in [-0.39, 0.29) is 0 Å². The van der Waals surface area contributed by atoms with Crippen LogP contribution in [-0.2, 0) is 0 Å². The normalized spacial score (nSPS) is 23.4. The average Bonchev–Trinajstić information content (AvgIpc) is 2.22. The Hall–Kier alpha value is -0.840. The van der Waals surface area contributed by atoms with Crippen LogP contribution in [0.5, 0.6) is 0 Å². The molecule has 1 heterocycles. The lowest BCUT2D eigenvalue weighted by Gasteiger charge is -2.35. The van der Waals surface area contributed by atoms with Gasteiger partial charge in [0.2, 0.25) is 5.95 Å². The van der Waals surface area contributed by atoms with Gasteiger partial charge in [-0.05, 0) is 40.6 Å². The fourth-order valence-electron chi connectivity index (χ4n) is 2.50. The molecule has 1 aromatic rings. The molecule has 0 spiro atoms. The number of rotatable bonds is 2. The summed E-state index contributed by atoms with van der Waals surface area (Å²) in [5, 5.41) is 3.47. The van der Waals surface area contributed by atoms with Crippen LogP contribution in [0.25, 0.3) is 0 Å². The maximum atomic E-state index is 5.60. The van der Waals surface area contributed by atoms with E-state index in [0.717, 1.165) is 10.3 Å². The monoisotopic (exact) mass is 298 g/mol. The maximum Gasteiger partial charge on any atom is 0.221 e. The predicted octanol–water partition coefficient (Wildman–Crippen LogP) is 3.20. The second-order valence-corrected chi connectivity index (χ2v) is 6.38. The lowest BCUT2D eigenvalue weighted by Crippen LogP contribution is -2.32. The lowest BCUT2D eigenvalue weighted by molar-refractivity contribution is 0.229. The first-order chi connectivity index (χ1) is 7.96. The number of nitrogens with one attached hydrogen (secondary N) is 1. The highest BCUT2D eigenvalue weighted by Gasteiger charge is 2.28. The Kier molecular flexibility index (Phi) is 3.56. The molecule has 0 bridgehead atoms. The van der Waals surface area contributed by atoms with Crippen LogP contribution in [0, 0.1) is 5.41 Å². The zero-order valence-electron chi connectivity index (χ0n) is 10.3. The fraction of sp³-hybridized carbons (Fsp3) is 0.667. The molecule has 4 nitrogen and oxygen atoms in total. The van der Waals surface area contributed by atoms with Crippen molar-refractivity contribution in [2.45, 2.75) is 45.6 Å². The number of hydrogen-bond acceptors (Lipinski definition) is 4.